The molecule has 0 heterocycles. The van der Waals surface area contributed by atoms with Gasteiger partial charge in [-0.2, -0.15) is 13.2 Å². The van der Waals surface area contributed by atoms with Gasteiger partial charge < -0.3 is 10.1 Å². The van der Waals surface area contributed by atoms with Crippen molar-refractivity contribution in [2.75, 3.05) is 18.0 Å². The van der Waals surface area contributed by atoms with Crippen LogP contribution in [0, 0.1) is 0 Å². The summed E-state index contributed by atoms with van der Waals surface area (Å²) in [5, 5.41) is 2.68. The van der Waals surface area contributed by atoms with Crippen LogP contribution in [0.25, 0.3) is 0 Å². The molecular weight excluding hydrogens is 493 g/mol. The Bertz CT molecular complexity index is 1270. The van der Waals surface area contributed by atoms with Gasteiger partial charge in [0.05, 0.1) is 23.3 Å². The number of halogens is 4. The molecule has 3 aromatic carbocycles. The summed E-state index contributed by atoms with van der Waals surface area (Å²) in [5.41, 5.74) is -0.606. The van der Waals surface area contributed by atoms with Crippen molar-refractivity contribution in [3.8, 4) is 5.75 Å². The maximum absolute atomic E-state index is 13.4. The molecule has 1 N–H and O–H groups in total. The quantitative estimate of drug-likeness (QED) is 0.467. The zero-order chi connectivity index (χ0) is 24.9. The van der Waals surface area contributed by atoms with Crippen molar-refractivity contribution < 1.29 is 31.1 Å². The van der Waals surface area contributed by atoms with E-state index in [1.54, 1.807) is 6.07 Å². The van der Waals surface area contributed by atoms with Crippen molar-refractivity contribution in [2.45, 2.75) is 17.6 Å². The van der Waals surface area contributed by atoms with Gasteiger partial charge in [0.2, 0.25) is 5.91 Å². The van der Waals surface area contributed by atoms with E-state index >= 15 is 0 Å². The average Bonchev–Trinajstić information content (AvgIpc) is 2.81. The number of carbonyl (C=O) groups is 1. The molecule has 0 radical (unpaired) electrons. The maximum atomic E-state index is 13.4. The van der Waals surface area contributed by atoms with Gasteiger partial charge in [0, 0.05) is 11.6 Å². The highest BCUT2D eigenvalue weighted by Crippen LogP contribution is 2.35. The molecule has 3 aromatic rings. The number of nitrogens with one attached hydrogen (secondary N) is 1. The lowest BCUT2D eigenvalue weighted by Crippen LogP contribution is -2.40. The molecule has 11 heteroatoms. The molecule has 34 heavy (non-hydrogen) atoms. The van der Waals surface area contributed by atoms with Crippen LogP contribution >= 0.6 is 11.6 Å². The van der Waals surface area contributed by atoms with Gasteiger partial charge in [-0.25, -0.2) is 8.42 Å². The Balaban J connectivity index is 1.89. The number of methoxy groups -OCH3 is 1. The molecule has 0 spiro atoms. The predicted octanol–water partition coefficient (Wildman–Crippen LogP) is 4.88. The van der Waals surface area contributed by atoms with E-state index in [4.69, 9.17) is 16.3 Å². The fourth-order valence-electron chi connectivity index (χ4n) is 3.12. The molecule has 0 saturated carbocycles. The topological polar surface area (TPSA) is 75.7 Å². The number of rotatable bonds is 8. The number of nitrogens with zero attached hydrogens (tertiary/aromatic N) is 1. The van der Waals surface area contributed by atoms with Crippen LogP contribution in [0.15, 0.2) is 77.7 Å². The summed E-state index contributed by atoms with van der Waals surface area (Å²) in [7, 11) is -2.88. The molecule has 180 valence electrons. The van der Waals surface area contributed by atoms with Crippen molar-refractivity contribution >= 4 is 33.2 Å². The second kappa shape index (κ2) is 10.4. The van der Waals surface area contributed by atoms with Crippen molar-refractivity contribution in [1.29, 1.82) is 0 Å². The molecular formula is C23H20ClF3N2O4S. The zero-order valence-electron chi connectivity index (χ0n) is 17.8. The number of hydrogen-bond acceptors (Lipinski definition) is 4. The lowest BCUT2D eigenvalue weighted by atomic mass is 10.1. The maximum Gasteiger partial charge on any atom is 0.416 e. The number of benzene rings is 3. The van der Waals surface area contributed by atoms with Crippen LogP contribution in [0.3, 0.4) is 0 Å². The highest BCUT2D eigenvalue weighted by Gasteiger charge is 2.31. The molecule has 0 bridgehead atoms. The Morgan fingerprint density at radius 1 is 1.03 bits per heavy atom. The van der Waals surface area contributed by atoms with Gasteiger partial charge in [0.25, 0.3) is 10.0 Å². The summed E-state index contributed by atoms with van der Waals surface area (Å²) >= 11 is 6.07. The molecule has 0 saturated heterocycles. The first kappa shape index (κ1) is 25.4. The minimum atomic E-state index is -4.52. The fraction of sp³-hybridized carbons (Fsp3) is 0.174. The summed E-state index contributed by atoms with van der Waals surface area (Å²) in [6.07, 6.45) is -4.52. The SMILES string of the molecule is COc1ccc(Cl)cc1N(CC(=O)NCc1cccc(C(F)(F)F)c1)S(=O)(=O)c1ccccc1. The largest absolute Gasteiger partial charge is 0.495 e. The third-order valence-corrected chi connectivity index (χ3v) is 6.78. The van der Waals surface area contributed by atoms with E-state index in [0.717, 1.165) is 16.4 Å². The van der Waals surface area contributed by atoms with Gasteiger partial charge >= 0.3 is 6.18 Å². The van der Waals surface area contributed by atoms with Crippen LogP contribution in [-0.2, 0) is 27.5 Å². The minimum Gasteiger partial charge on any atom is -0.495 e. The minimum absolute atomic E-state index is 0.0353. The van der Waals surface area contributed by atoms with Crippen LogP contribution in [0.1, 0.15) is 11.1 Å². The zero-order valence-corrected chi connectivity index (χ0v) is 19.4. The number of alkyl halides is 3. The standard InChI is InChI=1S/C23H20ClF3N2O4S/c1-33-21-11-10-18(24)13-20(21)29(34(31,32)19-8-3-2-4-9-19)15-22(30)28-14-16-6-5-7-17(12-16)23(25,26)27/h2-13H,14-15H2,1H3,(H,28,30). The van der Waals surface area contributed by atoms with Crippen molar-refractivity contribution in [2.24, 2.45) is 0 Å². The molecule has 0 atom stereocenters. The van der Waals surface area contributed by atoms with Gasteiger partial charge in [-0.05, 0) is 48.0 Å². The molecule has 0 aromatic heterocycles. The Hall–Kier alpha value is -3.24. The summed E-state index contributed by atoms with van der Waals surface area (Å²) in [5.74, 6) is -0.575. The number of ether oxygens (including phenoxy) is 1. The van der Waals surface area contributed by atoms with Gasteiger partial charge in [-0.3, -0.25) is 9.10 Å². The number of anilines is 1. The fourth-order valence-corrected chi connectivity index (χ4v) is 4.73. The highest BCUT2D eigenvalue weighted by atomic mass is 35.5. The first-order valence-corrected chi connectivity index (χ1v) is 11.7. The average molecular weight is 513 g/mol. The van der Waals surface area contributed by atoms with Crippen molar-refractivity contribution in [3.05, 3.63) is 88.9 Å². The molecule has 6 nitrogen and oxygen atoms in total. The Labute approximate surface area is 200 Å². The van der Waals surface area contributed by atoms with Gasteiger partial charge in [-0.1, -0.05) is 41.9 Å². The highest BCUT2D eigenvalue weighted by molar-refractivity contribution is 7.92. The third kappa shape index (κ3) is 6.00. The molecule has 0 aliphatic carbocycles. The van der Waals surface area contributed by atoms with E-state index in [1.165, 1.54) is 61.7 Å². The van der Waals surface area contributed by atoms with Crippen LogP contribution in [0.2, 0.25) is 5.02 Å². The van der Waals surface area contributed by atoms with Crippen LogP contribution < -0.4 is 14.4 Å². The van der Waals surface area contributed by atoms with Gasteiger partial charge in [-0.15, -0.1) is 0 Å². The summed E-state index contributed by atoms with van der Waals surface area (Å²) in [6.45, 7) is -0.887. The summed E-state index contributed by atoms with van der Waals surface area (Å²) < 4.78 is 71.7. The second-order valence-corrected chi connectivity index (χ2v) is 9.41. The molecule has 3 rings (SSSR count). The number of sulfonamides is 1. The van der Waals surface area contributed by atoms with E-state index in [0.29, 0.717) is 0 Å². The van der Waals surface area contributed by atoms with Crippen LogP contribution in [-0.4, -0.2) is 28.0 Å². The Morgan fingerprint density at radius 3 is 2.38 bits per heavy atom. The molecule has 0 fully saturated rings. The second-order valence-electron chi connectivity index (χ2n) is 7.12. The lowest BCUT2D eigenvalue weighted by molar-refractivity contribution is -0.137. The van der Waals surface area contributed by atoms with Gasteiger partial charge in [0.1, 0.15) is 12.3 Å². The number of carbonyl (C=O) groups excluding carboxylic acids is 1. The van der Waals surface area contributed by atoms with E-state index in [2.05, 4.69) is 5.32 Å². The summed E-state index contributed by atoms with van der Waals surface area (Å²) in [4.78, 5) is 12.7. The molecule has 0 aliphatic heterocycles. The van der Waals surface area contributed by atoms with Gasteiger partial charge in [0.15, 0.2) is 0 Å². The summed E-state index contributed by atoms with van der Waals surface area (Å²) in [6, 6.07) is 16.3. The first-order valence-electron chi connectivity index (χ1n) is 9.86. The van der Waals surface area contributed by atoms with Crippen molar-refractivity contribution in [3.63, 3.8) is 0 Å². The number of hydrogen-bond donors (Lipinski definition) is 1. The van der Waals surface area contributed by atoms with E-state index < -0.39 is 34.2 Å². The molecule has 0 aliphatic rings. The Kier molecular flexibility index (Phi) is 7.73. The van der Waals surface area contributed by atoms with Crippen molar-refractivity contribution in [1.82, 2.24) is 5.32 Å². The van der Waals surface area contributed by atoms with Crippen LogP contribution in [0.5, 0.6) is 5.75 Å². The number of amides is 1. The first-order chi connectivity index (χ1) is 16.0. The molecule has 1 amide bonds. The van der Waals surface area contributed by atoms with Crippen LogP contribution in [0.4, 0.5) is 18.9 Å². The monoisotopic (exact) mass is 512 g/mol. The smallest absolute Gasteiger partial charge is 0.416 e. The third-order valence-electron chi connectivity index (χ3n) is 4.77. The Morgan fingerprint density at radius 2 is 1.74 bits per heavy atom. The normalized spacial score (nSPS) is 11.7. The van der Waals surface area contributed by atoms with E-state index in [9.17, 15) is 26.4 Å². The molecule has 0 unspecified atom stereocenters. The van der Waals surface area contributed by atoms with E-state index in [-0.39, 0.29) is 33.5 Å². The lowest BCUT2D eigenvalue weighted by Gasteiger charge is -2.26. The predicted molar refractivity (Wildman–Crippen MR) is 122 cm³/mol. The van der Waals surface area contributed by atoms with E-state index in [1.807, 2.05) is 0 Å².